The molecule has 3 aromatic rings. The Labute approximate surface area is 162 Å². The summed E-state index contributed by atoms with van der Waals surface area (Å²) in [5.41, 5.74) is 1.75. The fourth-order valence-corrected chi connectivity index (χ4v) is 2.41. The Bertz CT molecular complexity index is 848. The van der Waals surface area contributed by atoms with Crippen molar-refractivity contribution in [3.63, 3.8) is 0 Å². The number of nitrogens with zero attached hydrogens (tertiary/aromatic N) is 4. The first-order chi connectivity index (χ1) is 11.8. The third-order valence-electron chi connectivity index (χ3n) is 3.62. The van der Waals surface area contributed by atoms with Crippen molar-refractivity contribution in [3.05, 3.63) is 65.9 Å². The van der Waals surface area contributed by atoms with E-state index in [9.17, 15) is 4.39 Å². The molecule has 2 aromatic heterocycles. The molecule has 0 saturated carbocycles. The van der Waals surface area contributed by atoms with Crippen LogP contribution in [-0.2, 0) is 13.0 Å². The van der Waals surface area contributed by atoms with E-state index >= 15 is 0 Å². The van der Waals surface area contributed by atoms with Crippen LogP contribution in [0.2, 0.25) is 0 Å². The van der Waals surface area contributed by atoms with Crippen molar-refractivity contribution in [2.45, 2.75) is 13.0 Å². The molecule has 0 aliphatic rings. The van der Waals surface area contributed by atoms with Crippen LogP contribution < -0.4 is 10.6 Å². The Morgan fingerprint density at radius 3 is 2.84 bits per heavy atom. The minimum absolute atomic E-state index is 0. The summed E-state index contributed by atoms with van der Waals surface area (Å²) in [4.78, 5) is 4.18. The van der Waals surface area contributed by atoms with Gasteiger partial charge in [0.2, 0.25) is 0 Å². The third-order valence-corrected chi connectivity index (χ3v) is 3.62. The number of pyridine rings is 1. The molecule has 2 N–H and O–H groups in total. The second kappa shape index (κ2) is 9.30. The highest BCUT2D eigenvalue weighted by Gasteiger charge is 2.05. The standard InChI is InChI=1S/C17H19FN6.HI/c1-19-17(20-9-8-13-5-4-6-14(18)11-13)21-12-16-23-22-15-7-2-3-10-24(15)16;/h2-7,10-11H,8-9,12H2,1H3,(H2,19,20,21);1H. The molecule has 0 unspecified atom stereocenters. The van der Waals surface area contributed by atoms with Crippen LogP contribution in [0.4, 0.5) is 4.39 Å². The molecule has 0 spiro atoms. The van der Waals surface area contributed by atoms with Gasteiger partial charge in [0.15, 0.2) is 17.4 Å². The van der Waals surface area contributed by atoms with Gasteiger partial charge >= 0.3 is 0 Å². The van der Waals surface area contributed by atoms with Crippen LogP contribution in [0.15, 0.2) is 53.7 Å². The van der Waals surface area contributed by atoms with E-state index in [4.69, 9.17) is 0 Å². The number of nitrogens with one attached hydrogen (secondary N) is 2. The number of rotatable bonds is 5. The van der Waals surface area contributed by atoms with Crippen LogP contribution in [0.1, 0.15) is 11.4 Å². The second-order valence-electron chi connectivity index (χ2n) is 5.28. The largest absolute Gasteiger partial charge is 0.356 e. The number of hydrogen-bond donors (Lipinski definition) is 2. The molecule has 0 bridgehead atoms. The summed E-state index contributed by atoms with van der Waals surface area (Å²) in [6, 6.07) is 12.4. The van der Waals surface area contributed by atoms with Crippen molar-refractivity contribution in [2.75, 3.05) is 13.6 Å². The molecule has 0 aliphatic heterocycles. The van der Waals surface area contributed by atoms with Crippen molar-refractivity contribution >= 4 is 35.6 Å². The molecule has 0 amide bonds. The summed E-state index contributed by atoms with van der Waals surface area (Å²) in [6.07, 6.45) is 2.64. The first kappa shape index (κ1) is 19.1. The first-order valence-electron chi connectivity index (χ1n) is 7.74. The molecular formula is C17H20FIN6. The quantitative estimate of drug-likeness (QED) is 0.353. The molecule has 1 aromatic carbocycles. The SMILES string of the molecule is CN=C(NCCc1cccc(F)c1)NCc1nnc2ccccn12.I. The zero-order chi connectivity index (χ0) is 16.8. The van der Waals surface area contributed by atoms with Gasteiger partial charge < -0.3 is 10.6 Å². The predicted molar refractivity (Wildman–Crippen MR) is 107 cm³/mol. The summed E-state index contributed by atoms with van der Waals surface area (Å²) in [7, 11) is 1.71. The highest BCUT2D eigenvalue weighted by atomic mass is 127. The summed E-state index contributed by atoms with van der Waals surface area (Å²) in [6.45, 7) is 1.16. The average molecular weight is 454 g/mol. The van der Waals surface area contributed by atoms with Gasteiger partial charge in [-0.2, -0.15) is 0 Å². The van der Waals surface area contributed by atoms with Crippen LogP contribution in [0.3, 0.4) is 0 Å². The molecule has 2 heterocycles. The van der Waals surface area contributed by atoms with Gasteiger partial charge in [-0.1, -0.05) is 18.2 Å². The average Bonchev–Trinajstić information content (AvgIpc) is 3.01. The van der Waals surface area contributed by atoms with Crippen molar-refractivity contribution in [2.24, 2.45) is 4.99 Å². The smallest absolute Gasteiger partial charge is 0.191 e. The Morgan fingerprint density at radius 1 is 1.16 bits per heavy atom. The van der Waals surface area contributed by atoms with E-state index in [1.807, 2.05) is 34.9 Å². The number of aliphatic imine (C=N–C) groups is 1. The normalized spacial score (nSPS) is 11.2. The van der Waals surface area contributed by atoms with Gasteiger partial charge in [-0.3, -0.25) is 9.39 Å². The molecule has 0 aliphatic carbocycles. The molecule has 0 saturated heterocycles. The monoisotopic (exact) mass is 454 g/mol. The molecule has 25 heavy (non-hydrogen) atoms. The van der Waals surface area contributed by atoms with Gasteiger partial charge in [0.25, 0.3) is 0 Å². The summed E-state index contributed by atoms with van der Waals surface area (Å²) in [5.74, 6) is 1.26. The number of hydrogen-bond acceptors (Lipinski definition) is 3. The Hall–Kier alpha value is -2.23. The molecular weight excluding hydrogens is 434 g/mol. The fourth-order valence-electron chi connectivity index (χ4n) is 2.41. The zero-order valence-corrected chi connectivity index (χ0v) is 16.1. The van der Waals surface area contributed by atoms with Gasteiger partial charge in [0, 0.05) is 19.8 Å². The topological polar surface area (TPSA) is 66.6 Å². The van der Waals surface area contributed by atoms with Crippen LogP contribution in [0, 0.1) is 5.82 Å². The first-order valence-corrected chi connectivity index (χ1v) is 7.74. The Kier molecular flexibility index (Phi) is 7.11. The summed E-state index contributed by atoms with van der Waals surface area (Å²) in [5, 5.41) is 14.7. The molecule has 132 valence electrons. The van der Waals surface area contributed by atoms with E-state index < -0.39 is 0 Å². The maximum Gasteiger partial charge on any atom is 0.191 e. The van der Waals surface area contributed by atoms with E-state index in [0.717, 1.165) is 17.0 Å². The molecule has 8 heteroatoms. The third kappa shape index (κ3) is 5.12. The minimum atomic E-state index is -0.214. The summed E-state index contributed by atoms with van der Waals surface area (Å²) >= 11 is 0. The molecule has 0 atom stereocenters. The van der Waals surface area contributed by atoms with Crippen LogP contribution in [0.25, 0.3) is 5.65 Å². The number of halogens is 2. The number of benzene rings is 1. The molecule has 0 radical (unpaired) electrons. The lowest BCUT2D eigenvalue weighted by molar-refractivity contribution is 0.625. The lowest BCUT2D eigenvalue weighted by Gasteiger charge is -2.11. The van der Waals surface area contributed by atoms with E-state index in [2.05, 4.69) is 25.8 Å². The fraction of sp³-hybridized carbons (Fsp3) is 0.235. The van der Waals surface area contributed by atoms with E-state index in [1.165, 1.54) is 6.07 Å². The highest BCUT2D eigenvalue weighted by molar-refractivity contribution is 14.0. The highest BCUT2D eigenvalue weighted by Crippen LogP contribution is 2.04. The molecule has 0 fully saturated rings. The van der Waals surface area contributed by atoms with Gasteiger partial charge in [-0.15, -0.1) is 34.2 Å². The Balaban J connectivity index is 0.00000225. The number of guanidine groups is 1. The van der Waals surface area contributed by atoms with Gasteiger partial charge in [0.05, 0.1) is 6.54 Å². The minimum Gasteiger partial charge on any atom is -0.356 e. The van der Waals surface area contributed by atoms with Crippen molar-refractivity contribution in [1.29, 1.82) is 0 Å². The van der Waals surface area contributed by atoms with Crippen LogP contribution in [0.5, 0.6) is 0 Å². The second-order valence-corrected chi connectivity index (χ2v) is 5.28. The maximum absolute atomic E-state index is 13.2. The van der Waals surface area contributed by atoms with Crippen molar-refractivity contribution in [3.8, 4) is 0 Å². The van der Waals surface area contributed by atoms with E-state index in [-0.39, 0.29) is 29.8 Å². The molecule has 6 nitrogen and oxygen atoms in total. The maximum atomic E-state index is 13.2. The van der Waals surface area contributed by atoms with Crippen molar-refractivity contribution < 1.29 is 4.39 Å². The van der Waals surface area contributed by atoms with E-state index in [1.54, 1.807) is 19.2 Å². The van der Waals surface area contributed by atoms with Crippen LogP contribution >= 0.6 is 24.0 Å². The molecule has 3 rings (SSSR count). The number of aromatic nitrogens is 3. The van der Waals surface area contributed by atoms with E-state index in [0.29, 0.717) is 25.5 Å². The van der Waals surface area contributed by atoms with Crippen molar-refractivity contribution in [1.82, 2.24) is 25.2 Å². The van der Waals surface area contributed by atoms with Gasteiger partial charge in [-0.25, -0.2) is 4.39 Å². The summed E-state index contributed by atoms with van der Waals surface area (Å²) < 4.78 is 15.1. The lowest BCUT2D eigenvalue weighted by atomic mass is 10.1. The van der Waals surface area contributed by atoms with Crippen LogP contribution in [-0.4, -0.2) is 34.2 Å². The Morgan fingerprint density at radius 2 is 2.04 bits per heavy atom. The number of fused-ring (bicyclic) bond motifs is 1. The van der Waals surface area contributed by atoms with Gasteiger partial charge in [0.1, 0.15) is 5.82 Å². The zero-order valence-electron chi connectivity index (χ0n) is 13.8. The van der Waals surface area contributed by atoms with Gasteiger partial charge in [-0.05, 0) is 36.2 Å². The lowest BCUT2D eigenvalue weighted by Crippen LogP contribution is -2.38. The predicted octanol–water partition coefficient (Wildman–Crippen LogP) is 2.39.